The van der Waals surface area contributed by atoms with Crippen LogP contribution in [0.2, 0.25) is 0 Å². The van der Waals surface area contributed by atoms with Gasteiger partial charge in [0.15, 0.2) is 11.6 Å². The maximum atomic E-state index is 12.8. The van der Waals surface area contributed by atoms with Crippen LogP contribution >= 0.6 is 0 Å². The molecule has 1 aromatic rings. The second-order valence-electron chi connectivity index (χ2n) is 3.29. The summed E-state index contributed by atoms with van der Waals surface area (Å²) in [7, 11) is 0. The summed E-state index contributed by atoms with van der Waals surface area (Å²) < 4.78 is 25.4. The third-order valence-corrected chi connectivity index (χ3v) is 2.28. The van der Waals surface area contributed by atoms with Gasteiger partial charge in [0.2, 0.25) is 0 Å². The Kier molecular flexibility index (Phi) is 3.86. The summed E-state index contributed by atoms with van der Waals surface area (Å²) in [5.74, 6) is -1.61. The minimum absolute atomic E-state index is 0.319. The van der Waals surface area contributed by atoms with Gasteiger partial charge in [0, 0.05) is 17.8 Å². The van der Waals surface area contributed by atoms with Crippen molar-refractivity contribution in [1.82, 2.24) is 0 Å². The van der Waals surface area contributed by atoms with Crippen molar-refractivity contribution >= 4 is 5.69 Å². The Labute approximate surface area is 83.1 Å². The van der Waals surface area contributed by atoms with Gasteiger partial charge in [-0.3, -0.25) is 0 Å². The number of hydrogen-bond acceptors (Lipinski definition) is 1. The third kappa shape index (κ3) is 2.69. The van der Waals surface area contributed by atoms with Crippen LogP contribution in [0.25, 0.3) is 0 Å². The minimum Gasteiger partial charge on any atom is -0.382 e. The molecule has 1 N–H and O–H groups in total. The maximum absolute atomic E-state index is 12.8. The molecule has 0 bridgehead atoms. The van der Waals surface area contributed by atoms with Crippen LogP contribution in [0.4, 0.5) is 14.5 Å². The number of rotatable bonds is 4. The van der Waals surface area contributed by atoms with Crippen molar-refractivity contribution in [3.63, 3.8) is 0 Å². The lowest BCUT2D eigenvalue weighted by Gasteiger charge is -2.16. The third-order valence-electron chi connectivity index (χ3n) is 2.28. The Bertz CT molecular complexity index is 295. The van der Waals surface area contributed by atoms with Crippen LogP contribution in [0.3, 0.4) is 0 Å². The van der Waals surface area contributed by atoms with E-state index >= 15 is 0 Å². The summed E-state index contributed by atoms with van der Waals surface area (Å²) in [6, 6.07) is 4.20. The highest BCUT2D eigenvalue weighted by Gasteiger charge is 2.05. The Hall–Kier alpha value is -1.12. The van der Waals surface area contributed by atoms with E-state index in [1.807, 2.05) is 0 Å². The van der Waals surface area contributed by atoms with Gasteiger partial charge in [-0.05, 0) is 25.0 Å². The fraction of sp³-hybridized carbons (Fsp3) is 0.455. The molecule has 0 aliphatic rings. The van der Waals surface area contributed by atoms with Crippen molar-refractivity contribution in [2.24, 2.45) is 0 Å². The van der Waals surface area contributed by atoms with Crippen LogP contribution in [0.15, 0.2) is 18.2 Å². The number of benzene rings is 1. The van der Waals surface area contributed by atoms with Crippen LogP contribution in [0.1, 0.15) is 26.7 Å². The van der Waals surface area contributed by atoms with E-state index in [4.69, 9.17) is 0 Å². The summed E-state index contributed by atoms with van der Waals surface area (Å²) in [4.78, 5) is 0. The van der Waals surface area contributed by atoms with E-state index in [0.29, 0.717) is 11.7 Å². The fourth-order valence-electron chi connectivity index (χ4n) is 1.31. The zero-order valence-electron chi connectivity index (χ0n) is 8.48. The molecule has 1 nitrogen and oxygen atoms in total. The molecule has 78 valence electrons. The lowest BCUT2D eigenvalue weighted by molar-refractivity contribution is 0.508. The van der Waals surface area contributed by atoms with E-state index in [0.717, 1.165) is 18.9 Å². The summed E-state index contributed by atoms with van der Waals surface area (Å²) in [5.41, 5.74) is 0.637. The smallest absolute Gasteiger partial charge is 0.160 e. The number of nitrogens with one attached hydrogen (secondary N) is 1. The predicted octanol–water partition coefficient (Wildman–Crippen LogP) is 3.57. The first-order chi connectivity index (χ1) is 6.67. The van der Waals surface area contributed by atoms with Crippen molar-refractivity contribution in [2.75, 3.05) is 5.32 Å². The molecule has 0 amide bonds. The van der Waals surface area contributed by atoms with E-state index in [2.05, 4.69) is 19.2 Å². The second-order valence-corrected chi connectivity index (χ2v) is 3.29. The van der Waals surface area contributed by atoms with Crippen LogP contribution in [-0.4, -0.2) is 6.04 Å². The van der Waals surface area contributed by atoms with Gasteiger partial charge in [0.25, 0.3) is 0 Å². The van der Waals surface area contributed by atoms with Gasteiger partial charge < -0.3 is 5.32 Å². The maximum Gasteiger partial charge on any atom is 0.160 e. The summed E-state index contributed by atoms with van der Waals surface area (Å²) >= 11 is 0. The van der Waals surface area contributed by atoms with E-state index in [1.165, 1.54) is 6.07 Å². The topological polar surface area (TPSA) is 12.0 Å². The first-order valence-electron chi connectivity index (χ1n) is 4.89. The quantitative estimate of drug-likeness (QED) is 0.781. The average molecular weight is 199 g/mol. The molecule has 1 rings (SSSR count). The summed E-state index contributed by atoms with van der Waals surface area (Å²) in [5, 5.41) is 3.14. The van der Waals surface area contributed by atoms with Crippen LogP contribution in [0, 0.1) is 11.6 Å². The van der Waals surface area contributed by atoms with Crippen molar-refractivity contribution in [1.29, 1.82) is 0 Å². The van der Waals surface area contributed by atoms with Crippen LogP contribution < -0.4 is 5.32 Å². The van der Waals surface area contributed by atoms with E-state index in [-0.39, 0.29) is 0 Å². The molecular weight excluding hydrogens is 184 g/mol. The van der Waals surface area contributed by atoms with Gasteiger partial charge in [0.05, 0.1) is 0 Å². The standard InChI is InChI=1S/C11H15F2N/c1-3-8(4-2)14-9-5-6-10(12)11(13)7-9/h5-8,14H,3-4H2,1-2H3. The fourth-order valence-corrected chi connectivity index (χ4v) is 1.31. The summed E-state index contributed by atoms with van der Waals surface area (Å²) in [6.45, 7) is 4.11. The van der Waals surface area contributed by atoms with Crippen molar-refractivity contribution < 1.29 is 8.78 Å². The van der Waals surface area contributed by atoms with Crippen molar-refractivity contribution in [2.45, 2.75) is 32.7 Å². The molecule has 0 heterocycles. The minimum atomic E-state index is -0.805. The molecule has 0 fully saturated rings. The zero-order valence-corrected chi connectivity index (χ0v) is 8.48. The first-order valence-corrected chi connectivity index (χ1v) is 4.89. The Balaban J connectivity index is 2.72. The predicted molar refractivity (Wildman–Crippen MR) is 54.4 cm³/mol. The highest BCUT2D eigenvalue weighted by molar-refractivity contribution is 5.44. The molecular formula is C11H15F2N. The first kappa shape index (κ1) is 11.0. The van der Waals surface area contributed by atoms with E-state index in [1.54, 1.807) is 6.07 Å². The van der Waals surface area contributed by atoms with Crippen molar-refractivity contribution in [3.05, 3.63) is 29.8 Å². The van der Waals surface area contributed by atoms with Gasteiger partial charge in [-0.25, -0.2) is 8.78 Å². The Morgan fingerprint density at radius 1 is 1.14 bits per heavy atom. The van der Waals surface area contributed by atoms with E-state index < -0.39 is 11.6 Å². The molecule has 0 aliphatic carbocycles. The lowest BCUT2D eigenvalue weighted by Crippen LogP contribution is -2.16. The summed E-state index contributed by atoms with van der Waals surface area (Å²) in [6.07, 6.45) is 1.94. The molecule has 0 saturated carbocycles. The number of halogens is 2. The molecule has 3 heteroatoms. The van der Waals surface area contributed by atoms with Crippen LogP contribution in [0.5, 0.6) is 0 Å². The van der Waals surface area contributed by atoms with Gasteiger partial charge in [0.1, 0.15) is 0 Å². The second kappa shape index (κ2) is 4.94. The molecule has 1 aromatic carbocycles. The Morgan fingerprint density at radius 3 is 2.29 bits per heavy atom. The number of anilines is 1. The van der Waals surface area contributed by atoms with Crippen molar-refractivity contribution in [3.8, 4) is 0 Å². The molecule has 0 aliphatic heterocycles. The van der Waals surface area contributed by atoms with Gasteiger partial charge >= 0.3 is 0 Å². The Morgan fingerprint density at radius 2 is 1.79 bits per heavy atom. The largest absolute Gasteiger partial charge is 0.382 e. The highest BCUT2D eigenvalue weighted by atomic mass is 19.2. The molecule has 0 aromatic heterocycles. The molecule has 0 radical (unpaired) electrons. The highest BCUT2D eigenvalue weighted by Crippen LogP contribution is 2.15. The van der Waals surface area contributed by atoms with Gasteiger partial charge in [-0.15, -0.1) is 0 Å². The molecule has 0 saturated heterocycles. The lowest BCUT2D eigenvalue weighted by atomic mass is 10.1. The molecule has 14 heavy (non-hydrogen) atoms. The van der Waals surface area contributed by atoms with Crippen LogP contribution in [-0.2, 0) is 0 Å². The zero-order chi connectivity index (χ0) is 10.6. The van der Waals surface area contributed by atoms with E-state index in [9.17, 15) is 8.78 Å². The number of hydrogen-bond donors (Lipinski definition) is 1. The SMILES string of the molecule is CCC(CC)Nc1ccc(F)c(F)c1. The molecule has 0 atom stereocenters. The van der Waals surface area contributed by atoms with Gasteiger partial charge in [-0.1, -0.05) is 13.8 Å². The monoisotopic (exact) mass is 199 g/mol. The normalized spacial score (nSPS) is 10.6. The molecule has 0 spiro atoms. The average Bonchev–Trinajstić information content (AvgIpc) is 2.19. The molecule has 0 unspecified atom stereocenters. The van der Waals surface area contributed by atoms with Gasteiger partial charge in [-0.2, -0.15) is 0 Å².